The fraction of sp³-hybridized carbons (Fsp3) is 0.115. The normalized spacial score (nSPS) is 17.6. The van der Waals surface area contributed by atoms with Crippen molar-refractivity contribution in [3.63, 3.8) is 0 Å². The van der Waals surface area contributed by atoms with Crippen LogP contribution in [0.3, 0.4) is 0 Å². The van der Waals surface area contributed by atoms with Gasteiger partial charge in [-0.15, -0.1) is 0 Å². The quantitative estimate of drug-likeness (QED) is 0.362. The molecule has 1 aliphatic rings. The number of hydrogen-bond donors (Lipinski definition) is 2. The molecule has 0 amide bonds. The number of thiocarbonyl (C=S) groups is 1. The summed E-state index contributed by atoms with van der Waals surface area (Å²) in [5, 5.41) is 13.1. The summed E-state index contributed by atoms with van der Waals surface area (Å²) in [6, 6.07) is 19.8. The molecular formula is C26H20FN3O3S. The number of furan rings is 1. The number of rotatable bonds is 5. The number of carboxylic acid groups (broad SMARTS) is 1. The third-order valence-corrected chi connectivity index (χ3v) is 6.17. The zero-order valence-corrected chi connectivity index (χ0v) is 18.9. The SMILES string of the molecule is Cc1cc(C(=O)O)ccc1-c1ccc([C@@H]2[C@H](c3ccccn3)NC(=S)N2c2ccc(F)cc2)o1. The Labute approximate surface area is 200 Å². The van der Waals surface area contributed by atoms with Crippen molar-refractivity contribution in [2.24, 2.45) is 0 Å². The van der Waals surface area contributed by atoms with E-state index in [9.17, 15) is 14.3 Å². The molecule has 0 spiro atoms. The summed E-state index contributed by atoms with van der Waals surface area (Å²) in [7, 11) is 0. The maximum absolute atomic E-state index is 13.6. The number of pyridine rings is 1. The highest BCUT2D eigenvalue weighted by Gasteiger charge is 2.42. The van der Waals surface area contributed by atoms with Gasteiger partial charge in [0.1, 0.15) is 23.4 Å². The van der Waals surface area contributed by atoms with Gasteiger partial charge in [0.25, 0.3) is 0 Å². The number of benzene rings is 2. The van der Waals surface area contributed by atoms with Crippen molar-refractivity contribution in [2.45, 2.75) is 19.0 Å². The minimum absolute atomic E-state index is 0.219. The fourth-order valence-electron chi connectivity index (χ4n) is 4.25. The van der Waals surface area contributed by atoms with Crippen molar-refractivity contribution in [1.29, 1.82) is 0 Å². The second kappa shape index (κ2) is 8.72. The van der Waals surface area contributed by atoms with E-state index in [0.717, 1.165) is 22.5 Å². The van der Waals surface area contributed by atoms with Gasteiger partial charge < -0.3 is 19.7 Å². The number of aromatic nitrogens is 1. The van der Waals surface area contributed by atoms with Crippen LogP contribution in [0.15, 0.2) is 83.4 Å². The highest BCUT2D eigenvalue weighted by molar-refractivity contribution is 7.80. The number of carboxylic acids is 1. The van der Waals surface area contributed by atoms with Gasteiger partial charge in [0.05, 0.1) is 17.3 Å². The molecule has 170 valence electrons. The topological polar surface area (TPSA) is 78.6 Å². The molecule has 6 nitrogen and oxygen atoms in total. The Hall–Kier alpha value is -4.04. The molecule has 34 heavy (non-hydrogen) atoms. The van der Waals surface area contributed by atoms with Crippen molar-refractivity contribution in [1.82, 2.24) is 10.3 Å². The van der Waals surface area contributed by atoms with Crippen LogP contribution in [-0.4, -0.2) is 21.2 Å². The first kappa shape index (κ1) is 21.8. The molecule has 1 saturated heterocycles. The maximum atomic E-state index is 13.6. The van der Waals surface area contributed by atoms with Crippen LogP contribution in [0.1, 0.15) is 39.5 Å². The van der Waals surface area contributed by atoms with Gasteiger partial charge in [0.2, 0.25) is 0 Å². The average molecular weight is 474 g/mol. The van der Waals surface area contributed by atoms with E-state index in [1.54, 1.807) is 36.5 Å². The van der Waals surface area contributed by atoms with Gasteiger partial charge in [-0.3, -0.25) is 4.98 Å². The second-order valence-electron chi connectivity index (χ2n) is 8.01. The third-order valence-electron chi connectivity index (χ3n) is 5.86. The lowest BCUT2D eigenvalue weighted by molar-refractivity contribution is 0.0696. The number of anilines is 1. The summed E-state index contributed by atoms with van der Waals surface area (Å²) in [6.07, 6.45) is 1.72. The molecule has 2 aromatic heterocycles. The lowest BCUT2D eigenvalue weighted by Crippen LogP contribution is -2.29. The van der Waals surface area contributed by atoms with Crippen molar-refractivity contribution in [3.8, 4) is 11.3 Å². The van der Waals surface area contributed by atoms with Gasteiger partial charge in [0.15, 0.2) is 5.11 Å². The summed E-state index contributed by atoms with van der Waals surface area (Å²) < 4.78 is 19.9. The van der Waals surface area contributed by atoms with Crippen LogP contribution in [0.2, 0.25) is 0 Å². The number of nitrogens with zero attached hydrogens (tertiary/aromatic N) is 2. The molecule has 0 aliphatic carbocycles. The molecule has 0 bridgehead atoms. The van der Waals surface area contributed by atoms with Crippen molar-refractivity contribution >= 4 is 29.0 Å². The van der Waals surface area contributed by atoms with Crippen LogP contribution in [0.5, 0.6) is 0 Å². The van der Waals surface area contributed by atoms with Gasteiger partial charge in [-0.25, -0.2) is 9.18 Å². The molecule has 2 N–H and O–H groups in total. The van der Waals surface area contributed by atoms with E-state index >= 15 is 0 Å². The first-order valence-corrected chi connectivity index (χ1v) is 11.0. The van der Waals surface area contributed by atoms with Crippen LogP contribution in [-0.2, 0) is 0 Å². The standard InChI is InChI=1S/C26H20FN3O3S/c1-15-14-16(25(31)32)5-10-19(15)21-11-12-22(33-21)24-23(20-4-2-3-13-28-20)29-26(34)30(24)18-8-6-17(27)7-9-18/h2-14,23-24H,1H3,(H,29,34)(H,31,32)/t23-,24+/m0/s1. The van der Waals surface area contributed by atoms with Gasteiger partial charge in [-0.05, 0) is 85.4 Å². The molecule has 0 saturated carbocycles. The Balaban J connectivity index is 1.58. The van der Waals surface area contributed by atoms with Gasteiger partial charge in [0, 0.05) is 17.4 Å². The van der Waals surface area contributed by atoms with E-state index < -0.39 is 5.97 Å². The average Bonchev–Trinajstić information content (AvgIpc) is 3.44. The Kier molecular flexibility index (Phi) is 5.59. The predicted octanol–water partition coefficient (Wildman–Crippen LogP) is 5.66. The highest BCUT2D eigenvalue weighted by atomic mass is 32.1. The molecule has 0 unspecified atom stereocenters. The summed E-state index contributed by atoms with van der Waals surface area (Å²) >= 11 is 5.67. The van der Waals surface area contributed by atoms with E-state index in [1.165, 1.54) is 12.1 Å². The zero-order valence-electron chi connectivity index (χ0n) is 18.1. The Bertz CT molecular complexity index is 1370. The Morgan fingerprint density at radius 2 is 1.91 bits per heavy atom. The van der Waals surface area contributed by atoms with Crippen LogP contribution in [0.25, 0.3) is 11.3 Å². The summed E-state index contributed by atoms with van der Waals surface area (Å²) in [5.74, 6) is -0.0567. The van der Waals surface area contributed by atoms with E-state index in [-0.39, 0.29) is 23.5 Å². The highest BCUT2D eigenvalue weighted by Crippen LogP contribution is 2.43. The lowest BCUT2D eigenvalue weighted by Gasteiger charge is -2.26. The van der Waals surface area contributed by atoms with Crippen molar-refractivity contribution < 1.29 is 18.7 Å². The molecule has 1 fully saturated rings. The summed E-state index contributed by atoms with van der Waals surface area (Å²) in [4.78, 5) is 17.7. The molecule has 2 atom stereocenters. The predicted molar refractivity (Wildman–Crippen MR) is 130 cm³/mol. The first-order valence-electron chi connectivity index (χ1n) is 10.6. The van der Waals surface area contributed by atoms with Crippen LogP contribution < -0.4 is 10.2 Å². The third kappa shape index (κ3) is 3.92. The van der Waals surface area contributed by atoms with Gasteiger partial charge >= 0.3 is 5.97 Å². The number of nitrogens with one attached hydrogen (secondary N) is 1. The Morgan fingerprint density at radius 3 is 2.59 bits per heavy atom. The molecule has 0 radical (unpaired) electrons. The molecule has 3 heterocycles. The fourth-order valence-corrected chi connectivity index (χ4v) is 4.60. The minimum atomic E-state index is -0.978. The molecule has 1 aliphatic heterocycles. The van der Waals surface area contributed by atoms with E-state index in [1.807, 2.05) is 42.2 Å². The number of halogens is 1. The summed E-state index contributed by atoms with van der Waals surface area (Å²) in [6.45, 7) is 1.84. The molecule has 5 rings (SSSR count). The van der Waals surface area contributed by atoms with Crippen LogP contribution in [0, 0.1) is 12.7 Å². The van der Waals surface area contributed by atoms with Crippen molar-refractivity contribution in [3.05, 3.63) is 107 Å². The number of aryl methyl sites for hydroxylation is 1. The largest absolute Gasteiger partial charge is 0.478 e. The maximum Gasteiger partial charge on any atom is 0.335 e. The second-order valence-corrected chi connectivity index (χ2v) is 8.40. The van der Waals surface area contributed by atoms with E-state index in [4.69, 9.17) is 16.6 Å². The molecule has 2 aromatic carbocycles. The van der Waals surface area contributed by atoms with Gasteiger partial charge in [-0.2, -0.15) is 0 Å². The van der Waals surface area contributed by atoms with E-state index in [2.05, 4.69) is 10.3 Å². The Morgan fingerprint density at radius 1 is 1.12 bits per heavy atom. The van der Waals surface area contributed by atoms with Crippen molar-refractivity contribution in [2.75, 3.05) is 4.90 Å². The monoisotopic (exact) mass is 473 g/mol. The first-order chi connectivity index (χ1) is 16.4. The summed E-state index contributed by atoms with van der Waals surface area (Å²) in [5.41, 5.74) is 3.32. The van der Waals surface area contributed by atoms with Crippen LogP contribution in [0.4, 0.5) is 10.1 Å². The smallest absolute Gasteiger partial charge is 0.335 e. The minimum Gasteiger partial charge on any atom is -0.478 e. The lowest BCUT2D eigenvalue weighted by atomic mass is 10.0. The van der Waals surface area contributed by atoms with Gasteiger partial charge in [-0.1, -0.05) is 12.1 Å². The van der Waals surface area contributed by atoms with Crippen LogP contribution >= 0.6 is 12.2 Å². The molecule has 4 aromatic rings. The molecular weight excluding hydrogens is 453 g/mol. The number of aromatic carboxylic acids is 1. The number of carbonyl (C=O) groups is 1. The molecule has 8 heteroatoms. The van der Waals surface area contributed by atoms with E-state index in [0.29, 0.717) is 16.6 Å². The number of hydrogen-bond acceptors (Lipinski definition) is 4. The zero-order chi connectivity index (χ0) is 23.8.